The second-order valence-corrected chi connectivity index (χ2v) is 1.69. The molecule has 0 aromatic carbocycles. The summed E-state index contributed by atoms with van der Waals surface area (Å²) in [6.07, 6.45) is 5.28. The van der Waals surface area contributed by atoms with E-state index in [1.54, 1.807) is 18.5 Å². The van der Waals surface area contributed by atoms with Crippen LogP contribution < -0.4 is 10.6 Å². The molecule has 0 aromatic heterocycles. The largest absolute Gasteiger partial charge is 0.324 e. The van der Waals surface area contributed by atoms with Gasteiger partial charge in [0.05, 0.1) is 0 Å². The summed E-state index contributed by atoms with van der Waals surface area (Å²) < 4.78 is 0. The van der Waals surface area contributed by atoms with Crippen LogP contribution in [0.15, 0.2) is 12.7 Å². The van der Waals surface area contributed by atoms with E-state index in [9.17, 15) is 0 Å². The van der Waals surface area contributed by atoms with Gasteiger partial charge in [-0.05, 0) is 20.8 Å². The van der Waals surface area contributed by atoms with Crippen molar-refractivity contribution in [2.45, 2.75) is 20.8 Å². The Hall–Kier alpha value is -1.68. The van der Waals surface area contributed by atoms with Crippen molar-refractivity contribution in [1.29, 1.82) is 10.5 Å². The van der Waals surface area contributed by atoms with E-state index >= 15 is 0 Å². The van der Waals surface area contributed by atoms with Crippen molar-refractivity contribution >= 4 is 0 Å². The van der Waals surface area contributed by atoms with Crippen molar-refractivity contribution in [3.05, 3.63) is 12.7 Å². The van der Waals surface area contributed by atoms with E-state index in [-0.39, 0.29) is 0 Å². The number of allylic oxidation sites excluding steroid dienone is 1. The van der Waals surface area contributed by atoms with Gasteiger partial charge < -0.3 is 10.6 Å². The number of nitrogens with zero attached hydrogens (tertiary/aromatic N) is 2. The molecule has 0 spiro atoms. The van der Waals surface area contributed by atoms with Gasteiger partial charge in [0.2, 0.25) is 0 Å². The Morgan fingerprint density at radius 2 is 1.38 bits per heavy atom. The molecule has 0 heterocycles. The highest BCUT2D eigenvalue weighted by Gasteiger charge is 1.58. The van der Waals surface area contributed by atoms with Crippen LogP contribution in [0, 0.1) is 22.9 Å². The van der Waals surface area contributed by atoms with Gasteiger partial charge in [0.15, 0.2) is 12.4 Å². The second kappa shape index (κ2) is 31.7. The molecule has 4 heteroatoms. The first-order valence-electron chi connectivity index (χ1n) is 4.05. The van der Waals surface area contributed by atoms with Crippen LogP contribution in [0.4, 0.5) is 0 Å². The third kappa shape index (κ3) is 133. The summed E-state index contributed by atoms with van der Waals surface area (Å²) in [5.41, 5.74) is 0. The first-order chi connectivity index (χ1) is 6.24. The zero-order valence-corrected chi connectivity index (χ0v) is 8.59. The van der Waals surface area contributed by atoms with E-state index < -0.39 is 0 Å². The van der Waals surface area contributed by atoms with E-state index in [2.05, 4.69) is 17.2 Å². The summed E-state index contributed by atoms with van der Waals surface area (Å²) in [4.78, 5) is 0. The van der Waals surface area contributed by atoms with Gasteiger partial charge in [0, 0.05) is 13.1 Å². The maximum absolute atomic E-state index is 7.71. The van der Waals surface area contributed by atoms with Crippen LogP contribution in [0.5, 0.6) is 0 Å². The summed E-state index contributed by atoms with van der Waals surface area (Å²) in [6.45, 7) is 10.5. The molecular formula is C9H18N4. The molecule has 0 fully saturated rings. The topological polar surface area (TPSA) is 71.6 Å². The van der Waals surface area contributed by atoms with E-state index in [4.69, 9.17) is 10.5 Å². The van der Waals surface area contributed by atoms with Crippen molar-refractivity contribution in [1.82, 2.24) is 10.6 Å². The number of nitrogens with one attached hydrogen (secondary N) is 2. The lowest BCUT2D eigenvalue weighted by Crippen LogP contribution is -2.00. The average Bonchev–Trinajstić information content (AvgIpc) is 2.09. The normalized spacial score (nSPS) is 5.31. The molecule has 74 valence electrons. The summed E-state index contributed by atoms with van der Waals surface area (Å²) in [6, 6.07) is 0. The van der Waals surface area contributed by atoms with Crippen LogP contribution in [0.1, 0.15) is 20.8 Å². The molecule has 0 atom stereocenters. The Kier molecular flexibility index (Phi) is 42.4. The fraction of sp³-hybridized carbons (Fsp3) is 0.556. The van der Waals surface area contributed by atoms with E-state index in [0.717, 1.165) is 13.1 Å². The molecule has 2 N–H and O–H groups in total. The molecule has 0 aliphatic heterocycles. The highest BCUT2D eigenvalue weighted by Crippen LogP contribution is 1.41. The Morgan fingerprint density at radius 3 is 1.38 bits per heavy atom. The second-order valence-electron chi connectivity index (χ2n) is 1.69. The first-order valence-corrected chi connectivity index (χ1v) is 4.05. The molecule has 0 saturated heterocycles. The SMILES string of the molecule is C=CC.CCNC#N.CCNC#N. The van der Waals surface area contributed by atoms with Gasteiger partial charge in [-0.1, -0.05) is 6.08 Å². The lowest BCUT2D eigenvalue weighted by atomic mass is 10.8. The summed E-state index contributed by atoms with van der Waals surface area (Å²) in [7, 11) is 0. The predicted molar refractivity (Wildman–Crippen MR) is 54.5 cm³/mol. The summed E-state index contributed by atoms with van der Waals surface area (Å²) in [5.74, 6) is 0. The third-order valence-electron chi connectivity index (χ3n) is 0.512. The minimum atomic E-state index is 0.733. The van der Waals surface area contributed by atoms with Crippen LogP contribution in [0.3, 0.4) is 0 Å². The Morgan fingerprint density at radius 1 is 1.15 bits per heavy atom. The molecule has 0 bridgehead atoms. The lowest BCUT2D eigenvalue weighted by molar-refractivity contribution is 0.934. The minimum absolute atomic E-state index is 0.733. The number of nitriles is 2. The van der Waals surface area contributed by atoms with Gasteiger partial charge >= 0.3 is 0 Å². The molecular weight excluding hydrogens is 164 g/mol. The zero-order chi connectivity index (χ0) is 10.9. The maximum atomic E-state index is 7.71. The zero-order valence-electron chi connectivity index (χ0n) is 8.59. The van der Waals surface area contributed by atoms with Crippen molar-refractivity contribution in [2.75, 3.05) is 13.1 Å². The Labute approximate surface area is 80.9 Å². The van der Waals surface area contributed by atoms with Crippen LogP contribution in [-0.2, 0) is 0 Å². The molecule has 0 saturated carbocycles. The summed E-state index contributed by atoms with van der Waals surface area (Å²) in [5, 5.41) is 20.2. The van der Waals surface area contributed by atoms with Crippen LogP contribution in [0.2, 0.25) is 0 Å². The monoisotopic (exact) mass is 182 g/mol. The Balaban J connectivity index is -0.000000120. The van der Waals surface area contributed by atoms with Crippen molar-refractivity contribution < 1.29 is 0 Å². The first kappa shape index (κ1) is 17.4. The fourth-order valence-electron chi connectivity index (χ4n) is 0.158. The number of rotatable bonds is 2. The molecule has 0 aliphatic rings. The minimum Gasteiger partial charge on any atom is -0.324 e. The molecule has 0 unspecified atom stereocenters. The molecule has 13 heavy (non-hydrogen) atoms. The van der Waals surface area contributed by atoms with Crippen LogP contribution in [0.25, 0.3) is 0 Å². The molecule has 0 amide bonds. The van der Waals surface area contributed by atoms with Crippen molar-refractivity contribution in [2.24, 2.45) is 0 Å². The predicted octanol–water partition coefficient (Wildman–Crippen LogP) is 1.35. The molecule has 0 rings (SSSR count). The highest BCUT2D eigenvalue weighted by molar-refractivity contribution is 4.60. The van der Waals surface area contributed by atoms with Gasteiger partial charge in [-0.15, -0.1) is 6.58 Å². The van der Waals surface area contributed by atoms with Crippen molar-refractivity contribution in [3.8, 4) is 12.4 Å². The van der Waals surface area contributed by atoms with Crippen LogP contribution >= 0.6 is 0 Å². The van der Waals surface area contributed by atoms with E-state index in [1.165, 1.54) is 0 Å². The van der Waals surface area contributed by atoms with Crippen LogP contribution in [-0.4, -0.2) is 13.1 Å². The standard InChI is InChI=1S/2C3H6N2.C3H6/c2*1-2-5-3-4;1-3-2/h2*5H,2H2,1H3;3H,1H2,2H3. The quantitative estimate of drug-likeness (QED) is 0.384. The van der Waals surface area contributed by atoms with Gasteiger partial charge in [0.1, 0.15) is 0 Å². The van der Waals surface area contributed by atoms with E-state index in [0.29, 0.717) is 0 Å². The molecule has 4 nitrogen and oxygen atoms in total. The number of hydrogen-bond acceptors (Lipinski definition) is 4. The van der Waals surface area contributed by atoms with E-state index in [1.807, 2.05) is 20.8 Å². The highest BCUT2D eigenvalue weighted by atomic mass is 14.8. The average molecular weight is 182 g/mol. The van der Waals surface area contributed by atoms with Gasteiger partial charge in [-0.2, -0.15) is 10.5 Å². The maximum Gasteiger partial charge on any atom is 0.176 e. The third-order valence-corrected chi connectivity index (χ3v) is 0.512. The molecule has 0 aromatic rings. The van der Waals surface area contributed by atoms with Gasteiger partial charge in [-0.25, -0.2) is 0 Å². The lowest BCUT2D eigenvalue weighted by Gasteiger charge is -1.75. The van der Waals surface area contributed by atoms with Crippen molar-refractivity contribution in [3.63, 3.8) is 0 Å². The smallest absolute Gasteiger partial charge is 0.176 e. The Bertz CT molecular complexity index is 136. The number of hydrogen-bond donors (Lipinski definition) is 2. The summed E-state index contributed by atoms with van der Waals surface area (Å²) >= 11 is 0. The molecule has 0 aliphatic carbocycles. The van der Waals surface area contributed by atoms with Gasteiger partial charge in [0.25, 0.3) is 0 Å². The fourth-order valence-corrected chi connectivity index (χ4v) is 0.158. The molecule has 0 radical (unpaired) electrons. The van der Waals surface area contributed by atoms with Gasteiger partial charge in [-0.3, -0.25) is 0 Å².